The van der Waals surface area contributed by atoms with Crippen LogP contribution in [-0.4, -0.2) is 56.8 Å². The zero-order valence-electron chi connectivity index (χ0n) is 18.0. The molecule has 0 amide bonds. The van der Waals surface area contributed by atoms with Gasteiger partial charge in [0, 0.05) is 30.3 Å². The normalized spacial score (nSPS) is 15.5. The molecule has 28 heavy (non-hydrogen) atoms. The van der Waals surface area contributed by atoms with Crippen LogP contribution in [0.4, 0.5) is 0 Å². The number of hydrogen-bond donors (Lipinski definition) is 2. The molecule has 1 aliphatic heterocycles. The second-order valence-electron chi connectivity index (χ2n) is 7.59. The van der Waals surface area contributed by atoms with Gasteiger partial charge in [-0.15, -0.1) is 24.0 Å². The molecule has 0 saturated carbocycles. The average molecular weight is 504 g/mol. The third-order valence-corrected chi connectivity index (χ3v) is 5.15. The number of hydrogen-bond acceptors (Lipinski definition) is 4. The summed E-state index contributed by atoms with van der Waals surface area (Å²) in [5.41, 5.74) is 1.14. The maximum Gasteiger partial charge on any atom is 0.191 e. The van der Waals surface area contributed by atoms with Gasteiger partial charge in [0.15, 0.2) is 5.96 Å². The average Bonchev–Trinajstić information content (AvgIpc) is 2.70. The quantitative estimate of drug-likeness (QED) is 0.322. The summed E-state index contributed by atoms with van der Waals surface area (Å²) >= 11 is 0. The molecule has 2 N–H and O–H groups in total. The van der Waals surface area contributed by atoms with Gasteiger partial charge in [0.05, 0.1) is 20.8 Å². The molecule has 0 aliphatic carbocycles. The molecule has 7 heteroatoms. The number of likely N-dealkylation sites (tertiary alicyclic amines) is 1. The van der Waals surface area contributed by atoms with Gasteiger partial charge in [0.2, 0.25) is 0 Å². The molecule has 0 aromatic heterocycles. The Hall–Kier alpha value is -1.22. The lowest BCUT2D eigenvalue weighted by Gasteiger charge is -2.41. The van der Waals surface area contributed by atoms with Crippen molar-refractivity contribution in [2.24, 2.45) is 4.99 Å². The predicted molar refractivity (Wildman–Crippen MR) is 127 cm³/mol. The highest BCUT2D eigenvalue weighted by Crippen LogP contribution is 2.25. The van der Waals surface area contributed by atoms with Crippen LogP contribution < -0.4 is 20.1 Å². The summed E-state index contributed by atoms with van der Waals surface area (Å²) in [6.07, 6.45) is 3.96. The van der Waals surface area contributed by atoms with E-state index in [9.17, 15) is 0 Å². The Balaban J connectivity index is 0.00000392. The molecule has 1 aromatic carbocycles. The Morgan fingerprint density at radius 1 is 1.11 bits per heavy atom. The van der Waals surface area contributed by atoms with Gasteiger partial charge in [0.25, 0.3) is 0 Å². The number of piperidine rings is 1. The van der Waals surface area contributed by atoms with Gasteiger partial charge in [-0.05, 0) is 58.8 Å². The van der Waals surface area contributed by atoms with E-state index in [2.05, 4.69) is 36.3 Å². The molecule has 0 atom stereocenters. The summed E-state index contributed by atoms with van der Waals surface area (Å²) in [6.45, 7) is 11.3. The topological polar surface area (TPSA) is 58.1 Å². The molecule has 1 heterocycles. The number of methoxy groups -OCH3 is 2. The maximum absolute atomic E-state index is 5.48. The molecule has 0 unspecified atom stereocenters. The van der Waals surface area contributed by atoms with E-state index >= 15 is 0 Å². The lowest BCUT2D eigenvalue weighted by Crippen LogP contribution is -2.54. The van der Waals surface area contributed by atoms with Crippen molar-refractivity contribution >= 4 is 29.9 Å². The van der Waals surface area contributed by atoms with E-state index in [1.165, 1.54) is 32.4 Å². The molecule has 1 fully saturated rings. The fraction of sp³-hybridized carbons (Fsp3) is 0.667. The van der Waals surface area contributed by atoms with Gasteiger partial charge in [-0.1, -0.05) is 6.42 Å². The first-order valence-corrected chi connectivity index (χ1v) is 9.98. The van der Waals surface area contributed by atoms with Crippen LogP contribution in [-0.2, 0) is 6.54 Å². The van der Waals surface area contributed by atoms with E-state index in [0.29, 0.717) is 6.54 Å². The number of aliphatic imine (C=N–C) groups is 1. The molecule has 1 aromatic rings. The van der Waals surface area contributed by atoms with Crippen molar-refractivity contribution in [3.63, 3.8) is 0 Å². The number of benzene rings is 1. The third-order valence-electron chi connectivity index (χ3n) is 5.15. The van der Waals surface area contributed by atoms with E-state index in [1.54, 1.807) is 14.2 Å². The van der Waals surface area contributed by atoms with Crippen molar-refractivity contribution < 1.29 is 9.47 Å². The molecule has 160 valence electrons. The van der Waals surface area contributed by atoms with E-state index in [4.69, 9.17) is 14.5 Å². The Kier molecular flexibility index (Phi) is 11.0. The van der Waals surface area contributed by atoms with Crippen molar-refractivity contribution in [3.8, 4) is 11.5 Å². The first kappa shape index (κ1) is 24.8. The number of guanidine groups is 1. The summed E-state index contributed by atoms with van der Waals surface area (Å²) in [4.78, 5) is 7.33. The molecule has 0 bridgehead atoms. The lowest BCUT2D eigenvalue weighted by molar-refractivity contribution is 0.0982. The van der Waals surface area contributed by atoms with Crippen LogP contribution in [0, 0.1) is 0 Å². The minimum atomic E-state index is 0. The van der Waals surface area contributed by atoms with Crippen LogP contribution in [0.15, 0.2) is 23.2 Å². The highest BCUT2D eigenvalue weighted by molar-refractivity contribution is 14.0. The highest BCUT2D eigenvalue weighted by Gasteiger charge is 2.27. The molecule has 2 rings (SSSR count). The predicted octanol–water partition coefficient (Wildman–Crippen LogP) is 3.64. The van der Waals surface area contributed by atoms with Gasteiger partial charge in [-0.3, -0.25) is 4.90 Å². The van der Waals surface area contributed by atoms with Crippen molar-refractivity contribution in [1.29, 1.82) is 0 Å². The molecular weight excluding hydrogens is 467 g/mol. The van der Waals surface area contributed by atoms with Gasteiger partial charge in [0.1, 0.15) is 11.5 Å². The van der Waals surface area contributed by atoms with Crippen LogP contribution in [0.5, 0.6) is 11.5 Å². The summed E-state index contributed by atoms with van der Waals surface area (Å²) in [5, 5.41) is 6.86. The Morgan fingerprint density at radius 2 is 1.82 bits per heavy atom. The number of nitrogens with zero attached hydrogens (tertiary/aromatic N) is 2. The summed E-state index contributed by atoms with van der Waals surface area (Å²) in [7, 11) is 3.33. The fourth-order valence-corrected chi connectivity index (χ4v) is 3.40. The highest BCUT2D eigenvalue weighted by atomic mass is 127. The standard InChI is InChI=1S/C21H36N4O2.HI/c1-6-22-20(24-16-21(2,3)25-12-8-7-9-13-25)23-15-17-10-11-18(26-4)14-19(17)27-5;/h10-11,14H,6-9,12-13,15-16H2,1-5H3,(H2,22,23,24);1H. The van der Waals surface area contributed by atoms with E-state index < -0.39 is 0 Å². The zero-order chi connectivity index (χ0) is 19.7. The third kappa shape index (κ3) is 7.31. The van der Waals surface area contributed by atoms with Crippen LogP contribution in [0.2, 0.25) is 0 Å². The Bertz CT molecular complexity index is 616. The summed E-state index contributed by atoms with van der Waals surface area (Å²) < 4.78 is 10.7. The molecule has 6 nitrogen and oxygen atoms in total. The van der Waals surface area contributed by atoms with E-state index in [-0.39, 0.29) is 29.5 Å². The van der Waals surface area contributed by atoms with Crippen molar-refractivity contribution in [1.82, 2.24) is 15.5 Å². The smallest absolute Gasteiger partial charge is 0.191 e. The molecular formula is C21H37IN4O2. The van der Waals surface area contributed by atoms with Gasteiger partial charge < -0.3 is 20.1 Å². The lowest BCUT2D eigenvalue weighted by atomic mass is 9.98. The molecule has 1 aliphatic rings. The minimum Gasteiger partial charge on any atom is -0.497 e. The summed E-state index contributed by atoms with van der Waals surface area (Å²) in [5.74, 6) is 2.41. The van der Waals surface area contributed by atoms with E-state index in [0.717, 1.165) is 36.1 Å². The second-order valence-corrected chi connectivity index (χ2v) is 7.59. The monoisotopic (exact) mass is 504 g/mol. The first-order chi connectivity index (χ1) is 13.0. The van der Waals surface area contributed by atoms with Crippen LogP contribution in [0.3, 0.4) is 0 Å². The van der Waals surface area contributed by atoms with Crippen LogP contribution in [0.25, 0.3) is 0 Å². The number of halogens is 1. The van der Waals surface area contributed by atoms with Crippen molar-refractivity contribution in [2.45, 2.75) is 52.1 Å². The first-order valence-electron chi connectivity index (χ1n) is 9.98. The fourth-order valence-electron chi connectivity index (χ4n) is 3.40. The second kappa shape index (κ2) is 12.4. The number of ether oxygens (including phenoxy) is 2. The van der Waals surface area contributed by atoms with E-state index in [1.807, 2.05) is 18.2 Å². The Morgan fingerprint density at radius 3 is 2.43 bits per heavy atom. The minimum absolute atomic E-state index is 0. The zero-order valence-corrected chi connectivity index (χ0v) is 20.3. The molecule has 0 spiro atoms. The maximum atomic E-state index is 5.48. The van der Waals surface area contributed by atoms with Crippen molar-refractivity contribution in [2.75, 3.05) is 40.4 Å². The molecule has 1 saturated heterocycles. The van der Waals surface area contributed by atoms with Gasteiger partial charge in [-0.2, -0.15) is 0 Å². The number of rotatable bonds is 8. The van der Waals surface area contributed by atoms with Gasteiger partial charge in [-0.25, -0.2) is 4.99 Å². The largest absolute Gasteiger partial charge is 0.497 e. The SMILES string of the molecule is CCNC(=NCc1ccc(OC)cc1OC)NCC(C)(C)N1CCCCC1.I. The van der Waals surface area contributed by atoms with Crippen molar-refractivity contribution in [3.05, 3.63) is 23.8 Å². The number of nitrogens with one attached hydrogen (secondary N) is 2. The van der Waals surface area contributed by atoms with Crippen LogP contribution >= 0.6 is 24.0 Å². The van der Waals surface area contributed by atoms with Gasteiger partial charge >= 0.3 is 0 Å². The summed E-state index contributed by atoms with van der Waals surface area (Å²) in [6, 6.07) is 5.83. The Labute approximate surface area is 187 Å². The molecule has 0 radical (unpaired) electrons. The van der Waals surface area contributed by atoms with Crippen LogP contribution in [0.1, 0.15) is 45.6 Å².